The lowest BCUT2D eigenvalue weighted by molar-refractivity contribution is -0.143. The van der Waals surface area contributed by atoms with Crippen LogP contribution in [0.25, 0.3) is 0 Å². The van der Waals surface area contributed by atoms with Crippen LogP contribution >= 0.6 is 0 Å². The summed E-state index contributed by atoms with van der Waals surface area (Å²) in [6, 6.07) is 7.98. The van der Waals surface area contributed by atoms with E-state index in [1.807, 2.05) is 12.1 Å². The lowest BCUT2D eigenvalue weighted by Gasteiger charge is -2.33. The Morgan fingerprint density at radius 2 is 1.53 bits per heavy atom. The second-order valence-corrected chi connectivity index (χ2v) is 9.84. The predicted octanol–water partition coefficient (Wildman–Crippen LogP) is 7.49. The van der Waals surface area contributed by atoms with Gasteiger partial charge >= 0.3 is 12.4 Å². The van der Waals surface area contributed by atoms with Crippen LogP contribution in [0.1, 0.15) is 66.7 Å². The quantitative estimate of drug-likeness (QED) is 0.396. The molecule has 1 saturated carbocycles. The first-order valence-electron chi connectivity index (χ1n) is 12.4. The molecule has 0 heterocycles. The fourth-order valence-corrected chi connectivity index (χ4v) is 4.99. The third-order valence-electron chi connectivity index (χ3n) is 6.93. The Labute approximate surface area is 217 Å². The highest BCUT2D eigenvalue weighted by Crippen LogP contribution is 2.38. The minimum atomic E-state index is -4.87. The molecule has 4 rings (SSSR count). The van der Waals surface area contributed by atoms with Gasteiger partial charge in [-0.25, -0.2) is 4.39 Å². The summed E-state index contributed by atoms with van der Waals surface area (Å²) < 4.78 is 86.4. The van der Waals surface area contributed by atoms with Gasteiger partial charge in [0, 0.05) is 31.8 Å². The van der Waals surface area contributed by atoms with Crippen molar-refractivity contribution in [2.24, 2.45) is 5.92 Å². The molecule has 38 heavy (non-hydrogen) atoms. The monoisotopic (exact) mass is 545 g/mol. The number of alkyl halides is 6. The standard InChI is InChI=1S/C19H24FNO.C9H6F6O/c1-21(18-9-10-19(22)12-18)13-14-3-2-4-16(11-14)15-5-7-17(20)8-6-15;10-8(11,12)6-1-5(4-16)2-7(3-6)9(13,14)15/h5-8,12,14,16H,2-4,9-11,13H2,1H3;1-3,16H,4H2/t14-,16?;/m1./s1. The Kier molecular flexibility index (Phi) is 9.62. The van der Waals surface area contributed by atoms with E-state index < -0.39 is 35.6 Å². The van der Waals surface area contributed by atoms with Crippen LogP contribution in [0.3, 0.4) is 0 Å². The van der Waals surface area contributed by atoms with Crippen molar-refractivity contribution in [3.8, 4) is 0 Å². The average Bonchev–Trinajstić information content (AvgIpc) is 3.30. The molecule has 1 unspecified atom stereocenters. The summed E-state index contributed by atoms with van der Waals surface area (Å²) in [6.07, 6.45) is -1.52. The number of carbonyl (C=O) groups excluding carboxylic acids is 1. The van der Waals surface area contributed by atoms with Crippen molar-refractivity contribution in [2.45, 2.75) is 63.4 Å². The molecule has 0 aliphatic heterocycles. The summed E-state index contributed by atoms with van der Waals surface area (Å²) in [6.45, 7) is 0.143. The minimum absolute atomic E-state index is 0.0131. The predicted molar refractivity (Wildman–Crippen MR) is 128 cm³/mol. The molecule has 2 aliphatic rings. The van der Waals surface area contributed by atoms with Crippen molar-refractivity contribution < 1.29 is 40.6 Å². The van der Waals surface area contributed by atoms with Gasteiger partial charge in [0.25, 0.3) is 0 Å². The number of rotatable bonds is 5. The first kappa shape index (κ1) is 29.7. The number of aliphatic hydroxyl groups excluding tert-OH is 1. The second-order valence-electron chi connectivity index (χ2n) is 9.84. The van der Waals surface area contributed by atoms with Crippen LogP contribution in [0.15, 0.2) is 54.2 Å². The van der Waals surface area contributed by atoms with Gasteiger partial charge in [0.05, 0.1) is 17.7 Å². The number of benzene rings is 2. The summed E-state index contributed by atoms with van der Waals surface area (Å²) in [7, 11) is 2.10. The minimum Gasteiger partial charge on any atom is -0.392 e. The van der Waals surface area contributed by atoms with E-state index >= 15 is 0 Å². The van der Waals surface area contributed by atoms with Gasteiger partial charge in [-0.3, -0.25) is 4.79 Å². The van der Waals surface area contributed by atoms with E-state index in [0.717, 1.165) is 19.4 Å². The zero-order valence-electron chi connectivity index (χ0n) is 20.9. The van der Waals surface area contributed by atoms with Crippen LogP contribution in [0.5, 0.6) is 0 Å². The van der Waals surface area contributed by atoms with Crippen LogP contribution in [0.2, 0.25) is 0 Å². The van der Waals surface area contributed by atoms with Crippen LogP contribution in [-0.2, 0) is 23.8 Å². The Balaban J connectivity index is 0.000000223. The SMILES string of the molecule is CN(C[C@@H]1CCCC(c2ccc(F)cc2)C1)C1=CC(=O)CC1.OCc1cc(C(F)(F)F)cc(C(F)(F)F)c1. The molecule has 1 fully saturated rings. The largest absolute Gasteiger partial charge is 0.416 e. The smallest absolute Gasteiger partial charge is 0.392 e. The van der Waals surface area contributed by atoms with Gasteiger partial charge in [-0.1, -0.05) is 18.6 Å². The number of carbonyl (C=O) groups is 1. The third kappa shape index (κ3) is 8.31. The molecule has 0 spiro atoms. The molecule has 2 aromatic rings. The first-order valence-corrected chi connectivity index (χ1v) is 12.4. The van der Waals surface area contributed by atoms with E-state index in [-0.39, 0.29) is 17.7 Å². The van der Waals surface area contributed by atoms with Crippen LogP contribution < -0.4 is 0 Å². The molecule has 0 aromatic heterocycles. The van der Waals surface area contributed by atoms with Gasteiger partial charge in [0.15, 0.2) is 5.78 Å². The highest BCUT2D eigenvalue weighted by molar-refractivity contribution is 5.92. The molecule has 3 nitrogen and oxygen atoms in total. The molecule has 2 aromatic carbocycles. The molecular formula is C28H30F7NO2. The normalized spacial score (nSPS) is 20.0. The van der Waals surface area contributed by atoms with E-state index in [4.69, 9.17) is 5.11 Å². The van der Waals surface area contributed by atoms with E-state index in [1.54, 1.807) is 18.2 Å². The number of aliphatic hydroxyl groups is 1. The first-order chi connectivity index (χ1) is 17.8. The van der Waals surface area contributed by atoms with E-state index in [2.05, 4.69) is 11.9 Å². The van der Waals surface area contributed by atoms with E-state index in [0.29, 0.717) is 30.4 Å². The molecule has 0 bridgehead atoms. The maximum absolute atomic E-state index is 13.1. The van der Waals surface area contributed by atoms with Gasteiger partial charge in [-0.2, -0.15) is 26.3 Å². The molecule has 0 radical (unpaired) electrons. The van der Waals surface area contributed by atoms with Crippen molar-refractivity contribution >= 4 is 5.78 Å². The maximum atomic E-state index is 13.1. The summed E-state index contributed by atoms with van der Waals surface area (Å²) >= 11 is 0. The van der Waals surface area contributed by atoms with Gasteiger partial charge < -0.3 is 10.0 Å². The van der Waals surface area contributed by atoms with Crippen molar-refractivity contribution in [3.05, 3.63) is 82.3 Å². The van der Waals surface area contributed by atoms with Gasteiger partial charge in [-0.15, -0.1) is 0 Å². The Morgan fingerprint density at radius 1 is 0.921 bits per heavy atom. The molecular weight excluding hydrogens is 515 g/mol. The fraction of sp³-hybridized carbons (Fsp3) is 0.464. The maximum Gasteiger partial charge on any atom is 0.416 e. The summed E-state index contributed by atoms with van der Waals surface area (Å²) in [4.78, 5) is 13.6. The second kappa shape index (κ2) is 12.3. The molecule has 2 atom stereocenters. The van der Waals surface area contributed by atoms with Crippen molar-refractivity contribution in [3.63, 3.8) is 0 Å². The molecule has 2 aliphatic carbocycles. The number of halogens is 7. The van der Waals surface area contributed by atoms with Gasteiger partial charge in [0.2, 0.25) is 0 Å². The molecule has 10 heteroatoms. The molecule has 1 N–H and O–H groups in total. The topological polar surface area (TPSA) is 40.5 Å². The highest BCUT2D eigenvalue weighted by atomic mass is 19.4. The lowest BCUT2D eigenvalue weighted by Crippen LogP contribution is -2.28. The Bertz CT molecular complexity index is 1090. The Morgan fingerprint density at radius 3 is 2.03 bits per heavy atom. The summed E-state index contributed by atoms with van der Waals surface area (Å²) in [5, 5.41) is 8.58. The molecule has 0 saturated heterocycles. The van der Waals surface area contributed by atoms with Gasteiger partial charge in [-0.05, 0) is 79.0 Å². The van der Waals surface area contributed by atoms with Crippen molar-refractivity contribution in [1.82, 2.24) is 4.90 Å². The zero-order valence-corrected chi connectivity index (χ0v) is 20.9. The van der Waals surface area contributed by atoms with Crippen molar-refractivity contribution in [1.29, 1.82) is 0 Å². The summed E-state index contributed by atoms with van der Waals surface area (Å²) in [5.74, 6) is 1.31. The number of nitrogens with zero attached hydrogens (tertiary/aromatic N) is 1. The van der Waals surface area contributed by atoms with Crippen LogP contribution in [0, 0.1) is 11.7 Å². The fourth-order valence-electron chi connectivity index (χ4n) is 4.99. The zero-order chi connectivity index (χ0) is 28.1. The highest BCUT2D eigenvalue weighted by Gasteiger charge is 2.36. The van der Waals surface area contributed by atoms with E-state index in [1.165, 1.54) is 30.5 Å². The summed E-state index contributed by atoms with van der Waals surface area (Å²) in [5.41, 5.74) is -0.821. The Hall–Kier alpha value is -2.88. The molecule has 0 amide bonds. The number of hydrogen-bond acceptors (Lipinski definition) is 3. The number of allylic oxidation sites excluding steroid dienone is 2. The average molecular weight is 546 g/mol. The van der Waals surface area contributed by atoms with Gasteiger partial charge in [0.1, 0.15) is 5.82 Å². The van der Waals surface area contributed by atoms with E-state index in [9.17, 15) is 35.5 Å². The molecule has 208 valence electrons. The number of hydrogen-bond donors (Lipinski definition) is 1. The third-order valence-corrected chi connectivity index (χ3v) is 6.93. The van der Waals surface area contributed by atoms with Crippen molar-refractivity contribution in [2.75, 3.05) is 13.6 Å². The van der Waals surface area contributed by atoms with Crippen LogP contribution in [0.4, 0.5) is 30.7 Å². The lowest BCUT2D eigenvalue weighted by atomic mass is 9.78. The number of ketones is 1. The van der Waals surface area contributed by atoms with Crippen LogP contribution in [-0.4, -0.2) is 29.4 Å².